The molecule has 0 N–H and O–H groups in total. The monoisotopic (exact) mass is 364 g/mol. The van der Waals surface area contributed by atoms with Crippen LogP contribution >= 0.6 is 0 Å². The van der Waals surface area contributed by atoms with Crippen molar-refractivity contribution in [3.05, 3.63) is 12.2 Å². The van der Waals surface area contributed by atoms with E-state index >= 15 is 0 Å². The third-order valence-electron chi connectivity index (χ3n) is 5.33. The van der Waals surface area contributed by atoms with E-state index in [1.807, 2.05) is 0 Å². The van der Waals surface area contributed by atoms with Gasteiger partial charge >= 0.3 is 0 Å². The van der Waals surface area contributed by atoms with Crippen LogP contribution in [-0.2, 0) is 4.79 Å². The lowest BCUT2D eigenvalue weighted by molar-refractivity contribution is -0.107. The van der Waals surface area contributed by atoms with E-state index in [2.05, 4.69) is 19.1 Å². The predicted molar refractivity (Wildman–Crippen MR) is 118 cm³/mol. The largest absolute Gasteiger partial charge is 0.303 e. The van der Waals surface area contributed by atoms with Crippen molar-refractivity contribution in [2.75, 3.05) is 0 Å². The van der Waals surface area contributed by atoms with Crippen molar-refractivity contribution >= 4 is 6.29 Å². The average Bonchev–Trinajstić information content (AvgIpc) is 2.66. The molecule has 0 rings (SSSR count). The van der Waals surface area contributed by atoms with E-state index in [9.17, 15) is 4.79 Å². The summed E-state index contributed by atoms with van der Waals surface area (Å²) in [5.41, 5.74) is 0. The van der Waals surface area contributed by atoms with Crippen LogP contribution in [0.4, 0.5) is 0 Å². The fraction of sp³-hybridized carbons (Fsp3) is 0.880. The zero-order chi connectivity index (χ0) is 19.0. The molecule has 0 aliphatic rings. The molecule has 0 bridgehead atoms. The Morgan fingerprint density at radius 1 is 0.423 bits per heavy atom. The van der Waals surface area contributed by atoms with Crippen molar-refractivity contribution in [1.29, 1.82) is 0 Å². The highest BCUT2D eigenvalue weighted by atomic mass is 16.1. The summed E-state index contributed by atoms with van der Waals surface area (Å²) in [5, 5.41) is 0. The maximum Gasteiger partial charge on any atom is 0.119 e. The first-order valence-corrected chi connectivity index (χ1v) is 12.0. The average molecular weight is 365 g/mol. The van der Waals surface area contributed by atoms with Crippen molar-refractivity contribution in [2.45, 2.75) is 142 Å². The van der Waals surface area contributed by atoms with Gasteiger partial charge in [-0.15, -0.1) is 0 Å². The molecule has 154 valence electrons. The molecule has 1 nitrogen and oxygen atoms in total. The molecule has 0 aliphatic heterocycles. The van der Waals surface area contributed by atoms with Crippen molar-refractivity contribution in [1.82, 2.24) is 0 Å². The highest BCUT2D eigenvalue weighted by Gasteiger charge is 1.94. The standard InChI is InChI=1S/C25H48O/c1-2-3-4-5-6-7-8-9-10-11-12-13-14-15-16-17-18-19-20-21-22-23-24-25-26/h8-9,25H,2-7,10-24H2,1H3/b9-8+. The predicted octanol–water partition coefficient (Wildman–Crippen LogP) is 8.95. The van der Waals surface area contributed by atoms with Gasteiger partial charge in [-0.3, -0.25) is 0 Å². The Balaban J connectivity index is 3.03. The lowest BCUT2D eigenvalue weighted by Gasteiger charge is -2.02. The van der Waals surface area contributed by atoms with Crippen molar-refractivity contribution < 1.29 is 4.79 Å². The van der Waals surface area contributed by atoms with E-state index < -0.39 is 0 Å². The van der Waals surface area contributed by atoms with Crippen LogP contribution in [0.1, 0.15) is 142 Å². The maximum absolute atomic E-state index is 10.2. The number of aldehydes is 1. The van der Waals surface area contributed by atoms with Crippen molar-refractivity contribution in [3.63, 3.8) is 0 Å². The van der Waals surface area contributed by atoms with Gasteiger partial charge in [-0.1, -0.05) is 115 Å². The number of carbonyl (C=O) groups excluding carboxylic acids is 1. The molecule has 0 saturated heterocycles. The molecule has 0 unspecified atom stereocenters. The molecule has 0 aromatic carbocycles. The summed E-state index contributed by atoms with van der Waals surface area (Å²) in [5.74, 6) is 0. The molecular weight excluding hydrogens is 316 g/mol. The Morgan fingerprint density at radius 3 is 1.08 bits per heavy atom. The molecule has 0 spiro atoms. The second kappa shape index (κ2) is 24.4. The van der Waals surface area contributed by atoms with Gasteiger partial charge in [0.2, 0.25) is 0 Å². The quantitative estimate of drug-likeness (QED) is 0.106. The second-order valence-electron chi connectivity index (χ2n) is 8.01. The number of allylic oxidation sites excluding steroid dienone is 2. The molecule has 0 amide bonds. The van der Waals surface area contributed by atoms with E-state index in [1.165, 1.54) is 122 Å². The number of hydrogen-bond acceptors (Lipinski definition) is 1. The fourth-order valence-corrected chi connectivity index (χ4v) is 3.54. The smallest absolute Gasteiger partial charge is 0.119 e. The number of rotatable bonds is 22. The minimum atomic E-state index is 0.759. The molecule has 0 radical (unpaired) electrons. The Hall–Kier alpha value is -0.590. The van der Waals surface area contributed by atoms with Gasteiger partial charge in [-0.25, -0.2) is 0 Å². The van der Waals surface area contributed by atoms with E-state index in [-0.39, 0.29) is 0 Å². The van der Waals surface area contributed by atoms with Gasteiger partial charge in [0.1, 0.15) is 6.29 Å². The third kappa shape index (κ3) is 23.4. The van der Waals surface area contributed by atoms with Crippen LogP contribution < -0.4 is 0 Å². The molecule has 0 aromatic heterocycles. The number of carbonyl (C=O) groups is 1. The van der Waals surface area contributed by atoms with E-state index in [0.29, 0.717) is 0 Å². The van der Waals surface area contributed by atoms with Crippen LogP contribution in [0.3, 0.4) is 0 Å². The van der Waals surface area contributed by atoms with Gasteiger partial charge in [-0.2, -0.15) is 0 Å². The summed E-state index contributed by atoms with van der Waals surface area (Å²) in [7, 11) is 0. The minimum Gasteiger partial charge on any atom is -0.303 e. The Kier molecular flexibility index (Phi) is 23.9. The van der Waals surface area contributed by atoms with E-state index in [0.717, 1.165) is 19.1 Å². The van der Waals surface area contributed by atoms with Crippen LogP contribution in [0.5, 0.6) is 0 Å². The summed E-state index contributed by atoms with van der Waals surface area (Å²) in [6.07, 6.45) is 34.0. The van der Waals surface area contributed by atoms with Crippen LogP contribution in [0, 0.1) is 0 Å². The topological polar surface area (TPSA) is 17.1 Å². The fourth-order valence-electron chi connectivity index (χ4n) is 3.54. The van der Waals surface area contributed by atoms with Gasteiger partial charge in [0, 0.05) is 6.42 Å². The second-order valence-corrected chi connectivity index (χ2v) is 8.01. The third-order valence-corrected chi connectivity index (χ3v) is 5.33. The maximum atomic E-state index is 10.2. The highest BCUT2D eigenvalue weighted by molar-refractivity contribution is 5.48. The van der Waals surface area contributed by atoms with Crippen LogP contribution in [0.25, 0.3) is 0 Å². The molecule has 0 fully saturated rings. The van der Waals surface area contributed by atoms with Crippen LogP contribution in [-0.4, -0.2) is 6.29 Å². The zero-order valence-electron chi connectivity index (χ0n) is 18.0. The van der Waals surface area contributed by atoms with Gasteiger partial charge in [0.05, 0.1) is 0 Å². The molecular formula is C25H48O. The summed E-state index contributed by atoms with van der Waals surface area (Å²) in [6.45, 7) is 2.28. The van der Waals surface area contributed by atoms with Crippen molar-refractivity contribution in [2.24, 2.45) is 0 Å². The summed E-state index contributed by atoms with van der Waals surface area (Å²) >= 11 is 0. The Labute approximate surface area is 165 Å². The molecule has 0 aliphatic carbocycles. The summed E-state index contributed by atoms with van der Waals surface area (Å²) in [6, 6.07) is 0. The Bertz CT molecular complexity index is 282. The summed E-state index contributed by atoms with van der Waals surface area (Å²) in [4.78, 5) is 10.2. The molecule has 0 saturated carbocycles. The minimum absolute atomic E-state index is 0.759. The lowest BCUT2D eigenvalue weighted by atomic mass is 10.0. The highest BCUT2D eigenvalue weighted by Crippen LogP contribution is 2.13. The molecule has 26 heavy (non-hydrogen) atoms. The van der Waals surface area contributed by atoms with E-state index in [1.54, 1.807) is 0 Å². The molecule has 0 aromatic rings. The van der Waals surface area contributed by atoms with Crippen LogP contribution in [0.2, 0.25) is 0 Å². The molecule has 0 atom stereocenters. The Morgan fingerprint density at radius 2 is 0.731 bits per heavy atom. The first-order chi connectivity index (χ1) is 12.9. The zero-order valence-corrected chi connectivity index (χ0v) is 18.0. The van der Waals surface area contributed by atoms with Crippen molar-refractivity contribution in [3.8, 4) is 0 Å². The van der Waals surface area contributed by atoms with Crippen LogP contribution in [0.15, 0.2) is 12.2 Å². The number of unbranched alkanes of at least 4 members (excludes halogenated alkanes) is 19. The normalized spacial score (nSPS) is 11.4. The van der Waals surface area contributed by atoms with Gasteiger partial charge in [-0.05, 0) is 32.1 Å². The first-order valence-electron chi connectivity index (χ1n) is 12.0. The van der Waals surface area contributed by atoms with Gasteiger partial charge in [0.15, 0.2) is 0 Å². The van der Waals surface area contributed by atoms with E-state index in [4.69, 9.17) is 0 Å². The molecule has 1 heteroatoms. The first kappa shape index (κ1) is 25.4. The summed E-state index contributed by atoms with van der Waals surface area (Å²) < 4.78 is 0. The molecule has 0 heterocycles. The van der Waals surface area contributed by atoms with Gasteiger partial charge in [0.25, 0.3) is 0 Å². The SMILES string of the molecule is CCCCCCC/C=C/CCCCCCCCCCCCCCCC=O. The lowest BCUT2D eigenvalue weighted by Crippen LogP contribution is -1.83. The number of hydrogen-bond donors (Lipinski definition) is 0. The van der Waals surface area contributed by atoms with Gasteiger partial charge < -0.3 is 4.79 Å².